The third kappa shape index (κ3) is 6.46. The number of unbranched alkanes of at least 4 members (excludes halogenated alkanes) is 1. The highest BCUT2D eigenvalue weighted by atomic mass is 16.5. The zero-order valence-electron chi connectivity index (χ0n) is 8.58. The molecular formula is C10H18N2O2. The lowest BCUT2D eigenvalue weighted by Crippen LogP contribution is -2.40. The van der Waals surface area contributed by atoms with E-state index in [2.05, 4.69) is 11.2 Å². The number of ether oxygens (including phenoxy) is 1. The first-order chi connectivity index (χ1) is 6.72. The molecule has 4 nitrogen and oxygen atoms in total. The summed E-state index contributed by atoms with van der Waals surface area (Å²) in [6.45, 7) is 1.34. The number of carbonyl (C=O) groups excluding carboxylic acids is 1. The maximum Gasteiger partial charge on any atom is 0.237 e. The predicted molar refractivity (Wildman–Crippen MR) is 55.5 cm³/mol. The SMILES string of the molecule is C#CCC(N)C(=O)NCCCCOC. The van der Waals surface area contributed by atoms with Crippen molar-refractivity contribution in [2.24, 2.45) is 5.73 Å². The van der Waals surface area contributed by atoms with Gasteiger partial charge in [0.15, 0.2) is 0 Å². The first-order valence-corrected chi connectivity index (χ1v) is 4.68. The van der Waals surface area contributed by atoms with Gasteiger partial charge in [0.2, 0.25) is 5.91 Å². The highest BCUT2D eigenvalue weighted by Crippen LogP contribution is 1.89. The van der Waals surface area contributed by atoms with Crippen LogP contribution in [0, 0.1) is 12.3 Å². The Bertz CT molecular complexity index is 199. The summed E-state index contributed by atoms with van der Waals surface area (Å²) in [4.78, 5) is 11.2. The van der Waals surface area contributed by atoms with Crippen LogP contribution in [0.2, 0.25) is 0 Å². The van der Waals surface area contributed by atoms with Gasteiger partial charge in [-0.3, -0.25) is 4.79 Å². The normalized spacial score (nSPS) is 11.8. The van der Waals surface area contributed by atoms with Crippen LogP contribution in [0.5, 0.6) is 0 Å². The van der Waals surface area contributed by atoms with E-state index < -0.39 is 6.04 Å². The second kappa shape index (κ2) is 8.54. The van der Waals surface area contributed by atoms with Crippen LogP contribution in [0.1, 0.15) is 19.3 Å². The average molecular weight is 198 g/mol. The Hall–Kier alpha value is -1.05. The van der Waals surface area contributed by atoms with Crippen LogP contribution in [0.4, 0.5) is 0 Å². The lowest BCUT2D eigenvalue weighted by atomic mass is 10.2. The van der Waals surface area contributed by atoms with Gasteiger partial charge < -0.3 is 15.8 Å². The fourth-order valence-corrected chi connectivity index (χ4v) is 0.934. The minimum Gasteiger partial charge on any atom is -0.385 e. The molecule has 0 saturated carbocycles. The van der Waals surface area contributed by atoms with Gasteiger partial charge >= 0.3 is 0 Å². The molecule has 4 heteroatoms. The van der Waals surface area contributed by atoms with Gasteiger partial charge in [0.25, 0.3) is 0 Å². The Balaban J connectivity index is 3.40. The molecule has 3 N–H and O–H groups in total. The van der Waals surface area contributed by atoms with E-state index in [1.807, 2.05) is 0 Å². The molecule has 0 aliphatic heterocycles. The molecule has 0 saturated heterocycles. The Morgan fingerprint density at radius 2 is 2.36 bits per heavy atom. The Morgan fingerprint density at radius 1 is 1.64 bits per heavy atom. The van der Waals surface area contributed by atoms with Crippen LogP contribution in [0.15, 0.2) is 0 Å². The van der Waals surface area contributed by atoms with E-state index in [4.69, 9.17) is 16.9 Å². The minimum atomic E-state index is -0.581. The van der Waals surface area contributed by atoms with Gasteiger partial charge in [-0.05, 0) is 12.8 Å². The molecule has 0 fully saturated rings. The van der Waals surface area contributed by atoms with E-state index in [-0.39, 0.29) is 12.3 Å². The highest BCUT2D eigenvalue weighted by molar-refractivity contribution is 5.81. The number of carbonyl (C=O) groups is 1. The van der Waals surface area contributed by atoms with Crippen LogP contribution in [0.25, 0.3) is 0 Å². The van der Waals surface area contributed by atoms with Crippen LogP contribution in [0.3, 0.4) is 0 Å². The van der Waals surface area contributed by atoms with Gasteiger partial charge in [0.1, 0.15) is 0 Å². The van der Waals surface area contributed by atoms with Crippen LogP contribution in [-0.4, -0.2) is 32.2 Å². The largest absolute Gasteiger partial charge is 0.385 e. The molecular weight excluding hydrogens is 180 g/mol. The second-order valence-corrected chi connectivity index (χ2v) is 3.01. The fourth-order valence-electron chi connectivity index (χ4n) is 0.934. The van der Waals surface area contributed by atoms with Gasteiger partial charge in [-0.15, -0.1) is 12.3 Å². The number of methoxy groups -OCH3 is 1. The summed E-state index contributed by atoms with van der Waals surface area (Å²) >= 11 is 0. The first-order valence-electron chi connectivity index (χ1n) is 4.68. The fraction of sp³-hybridized carbons (Fsp3) is 0.700. The van der Waals surface area contributed by atoms with Gasteiger partial charge in [0, 0.05) is 26.7 Å². The van der Waals surface area contributed by atoms with Gasteiger partial charge in [-0.1, -0.05) is 0 Å². The van der Waals surface area contributed by atoms with E-state index in [1.54, 1.807) is 7.11 Å². The van der Waals surface area contributed by atoms with E-state index in [9.17, 15) is 4.79 Å². The van der Waals surface area contributed by atoms with Crippen molar-refractivity contribution in [3.05, 3.63) is 0 Å². The quantitative estimate of drug-likeness (QED) is 0.443. The monoisotopic (exact) mass is 198 g/mol. The molecule has 0 aromatic heterocycles. The standard InChI is InChI=1S/C10H18N2O2/c1-3-6-9(11)10(13)12-7-4-5-8-14-2/h1,9H,4-8,11H2,2H3,(H,12,13). The number of hydrogen-bond donors (Lipinski definition) is 2. The minimum absolute atomic E-state index is 0.180. The predicted octanol–water partition coefficient (Wildman–Crippen LogP) is -0.120. The summed E-state index contributed by atoms with van der Waals surface area (Å²) < 4.78 is 4.87. The van der Waals surface area contributed by atoms with Gasteiger partial charge in [-0.25, -0.2) is 0 Å². The summed E-state index contributed by atoms with van der Waals surface area (Å²) in [7, 11) is 1.65. The molecule has 0 radical (unpaired) electrons. The highest BCUT2D eigenvalue weighted by Gasteiger charge is 2.10. The van der Waals surface area contributed by atoms with Crippen molar-refractivity contribution in [1.29, 1.82) is 0 Å². The van der Waals surface area contributed by atoms with Crippen molar-refractivity contribution in [3.63, 3.8) is 0 Å². The molecule has 1 amide bonds. The van der Waals surface area contributed by atoms with Crippen molar-refractivity contribution in [2.75, 3.05) is 20.3 Å². The molecule has 1 atom stereocenters. The smallest absolute Gasteiger partial charge is 0.237 e. The van der Waals surface area contributed by atoms with Gasteiger partial charge in [0.05, 0.1) is 6.04 Å². The third-order valence-electron chi connectivity index (χ3n) is 1.75. The number of rotatable bonds is 7. The molecule has 0 spiro atoms. The Kier molecular flexibility index (Phi) is 7.90. The van der Waals surface area contributed by atoms with Crippen LogP contribution < -0.4 is 11.1 Å². The molecule has 1 unspecified atom stereocenters. The van der Waals surface area contributed by atoms with Crippen molar-refractivity contribution < 1.29 is 9.53 Å². The Morgan fingerprint density at radius 3 is 2.93 bits per heavy atom. The van der Waals surface area contributed by atoms with Crippen LogP contribution in [-0.2, 0) is 9.53 Å². The number of terminal acetylenes is 1. The number of amides is 1. The van der Waals surface area contributed by atoms with Gasteiger partial charge in [-0.2, -0.15) is 0 Å². The van der Waals surface area contributed by atoms with E-state index in [0.717, 1.165) is 12.8 Å². The lowest BCUT2D eigenvalue weighted by molar-refractivity contribution is -0.122. The van der Waals surface area contributed by atoms with E-state index in [0.29, 0.717) is 13.2 Å². The number of hydrogen-bond acceptors (Lipinski definition) is 3. The first kappa shape index (κ1) is 12.9. The number of nitrogens with two attached hydrogens (primary N) is 1. The molecule has 0 aromatic carbocycles. The second-order valence-electron chi connectivity index (χ2n) is 3.01. The molecule has 80 valence electrons. The summed E-state index contributed by atoms with van der Waals surface area (Å²) in [5, 5.41) is 2.71. The molecule has 0 rings (SSSR count). The Labute approximate surface area is 85.2 Å². The zero-order chi connectivity index (χ0) is 10.8. The van der Waals surface area contributed by atoms with Crippen LogP contribution >= 0.6 is 0 Å². The molecule has 0 aliphatic carbocycles. The molecule has 0 bridgehead atoms. The number of nitrogens with one attached hydrogen (secondary N) is 1. The maximum absolute atomic E-state index is 11.2. The van der Waals surface area contributed by atoms with Crippen molar-refractivity contribution in [2.45, 2.75) is 25.3 Å². The average Bonchev–Trinajstić information content (AvgIpc) is 2.17. The zero-order valence-corrected chi connectivity index (χ0v) is 8.58. The topological polar surface area (TPSA) is 64.4 Å². The lowest BCUT2D eigenvalue weighted by Gasteiger charge is -2.08. The van der Waals surface area contributed by atoms with E-state index >= 15 is 0 Å². The van der Waals surface area contributed by atoms with Crippen molar-refractivity contribution >= 4 is 5.91 Å². The summed E-state index contributed by atoms with van der Waals surface area (Å²) in [5.74, 6) is 2.17. The molecule has 0 aliphatic rings. The summed E-state index contributed by atoms with van der Waals surface area (Å²) in [6.07, 6.45) is 7.14. The van der Waals surface area contributed by atoms with Crippen molar-refractivity contribution in [3.8, 4) is 12.3 Å². The van der Waals surface area contributed by atoms with Crippen molar-refractivity contribution in [1.82, 2.24) is 5.32 Å². The van der Waals surface area contributed by atoms with E-state index in [1.165, 1.54) is 0 Å². The maximum atomic E-state index is 11.2. The third-order valence-corrected chi connectivity index (χ3v) is 1.75. The molecule has 0 aromatic rings. The summed E-state index contributed by atoms with van der Waals surface area (Å²) in [5.41, 5.74) is 5.49. The molecule has 0 heterocycles. The summed E-state index contributed by atoms with van der Waals surface area (Å²) in [6, 6.07) is -0.581. The molecule has 14 heavy (non-hydrogen) atoms.